The first-order valence-corrected chi connectivity index (χ1v) is 3.88. The molecule has 0 saturated carbocycles. The number of rotatable bonds is 3. The Kier molecular flexibility index (Phi) is 1.42. The lowest BCUT2D eigenvalue weighted by Crippen LogP contribution is -2.11. The van der Waals surface area contributed by atoms with Gasteiger partial charge in [0.25, 0.3) is 0 Å². The molecule has 0 bridgehead atoms. The van der Waals surface area contributed by atoms with E-state index in [-0.39, 0.29) is 0 Å². The molecule has 3 unspecified atom stereocenters. The normalized spacial score (nSPS) is 42.6. The zero-order chi connectivity index (χ0) is 6.97. The summed E-state index contributed by atoms with van der Waals surface area (Å²) in [5.74, 6) is 0.790. The van der Waals surface area contributed by atoms with Crippen molar-refractivity contribution in [2.75, 3.05) is 19.7 Å². The van der Waals surface area contributed by atoms with Crippen molar-refractivity contribution in [2.45, 2.75) is 12.5 Å². The van der Waals surface area contributed by atoms with E-state index in [1.807, 2.05) is 0 Å². The van der Waals surface area contributed by atoms with Crippen LogP contribution in [0.15, 0.2) is 12.8 Å². The molecule has 2 saturated heterocycles. The van der Waals surface area contributed by atoms with Gasteiger partial charge in [0.15, 0.2) is 0 Å². The molecular weight excluding hydrogens is 126 g/mol. The Morgan fingerprint density at radius 3 is 3.10 bits per heavy atom. The largest absolute Gasteiger partial charge is 0.501 e. The molecule has 0 aromatic heterocycles. The Morgan fingerprint density at radius 1 is 1.70 bits per heavy atom. The molecule has 2 aliphatic heterocycles. The molecule has 2 nitrogen and oxygen atoms in total. The molecule has 2 heterocycles. The van der Waals surface area contributed by atoms with E-state index in [0.717, 1.165) is 18.6 Å². The van der Waals surface area contributed by atoms with Crippen LogP contribution in [0.1, 0.15) is 6.42 Å². The maximum atomic E-state index is 5.15. The van der Waals surface area contributed by atoms with E-state index in [2.05, 4.69) is 11.5 Å². The van der Waals surface area contributed by atoms with Crippen LogP contribution in [0.25, 0.3) is 0 Å². The van der Waals surface area contributed by atoms with Crippen molar-refractivity contribution < 1.29 is 4.74 Å². The van der Waals surface area contributed by atoms with Gasteiger partial charge in [0, 0.05) is 18.5 Å². The molecule has 0 aromatic rings. The second-order valence-corrected chi connectivity index (χ2v) is 3.11. The molecule has 0 aliphatic carbocycles. The number of fused-ring (bicyclic) bond motifs is 1. The Labute approximate surface area is 61.5 Å². The van der Waals surface area contributed by atoms with Crippen LogP contribution in [0, 0.1) is 5.92 Å². The molecule has 0 spiro atoms. The highest BCUT2D eigenvalue weighted by Crippen LogP contribution is 2.35. The second kappa shape index (κ2) is 2.27. The first-order valence-electron chi connectivity index (χ1n) is 3.88. The molecule has 3 atom stereocenters. The van der Waals surface area contributed by atoms with Crippen LogP contribution in [-0.2, 0) is 4.74 Å². The van der Waals surface area contributed by atoms with E-state index >= 15 is 0 Å². The first-order chi connectivity index (χ1) is 4.92. The highest BCUT2D eigenvalue weighted by Gasteiger charge is 2.45. The lowest BCUT2D eigenvalue weighted by Gasteiger charge is -2.07. The van der Waals surface area contributed by atoms with E-state index in [4.69, 9.17) is 4.74 Å². The zero-order valence-electron chi connectivity index (χ0n) is 6.12. The zero-order valence-corrected chi connectivity index (χ0v) is 6.12. The highest BCUT2D eigenvalue weighted by atomic mass is 16.5. The summed E-state index contributed by atoms with van der Waals surface area (Å²) in [4.78, 5) is 2.50. The minimum Gasteiger partial charge on any atom is -0.501 e. The molecule has 0 radical (unpaired) electrons. The van der Waals surface area contributed by atoms with Gasteiger partial charge in [-0.3, -0.25) is 4.90 Å². The number of hydrogen-bond acceptors (Lipinski definition) is 2. The van der Waals surface area contributed by atoms with Crippen molar-refractivity contribution in [3.63, 3.8) is 0 Å². The van der Waals surface area contributed by atoms with Crippen LogP contribution in [-0.4, -0.2) is 30.6 Å². The summed E-state index contributed by atoms with van der Waals surface area (Å²) in [5.41, 5.74) is 0. The van der Waals surface area contributed by atoms with Crippen LogP contribution in [0.2, 0.25) is 0 Å². The van der Waals surface area contributed by atoms with Crippen molar-refractivity contribution >= 4 is 0 Å². The average Bonchev–Trinajstić information content (AvgIpc) is 2.63. The van der Waals surface area contributed by atoms with Gasteiger partial charge in [0.2, 0.25) is 0 Å². The fourth-order valence-corrected chi connectivity index (χ4v) is 1.81. The highest BCUT2D eigenvalue weighted by molar-refractivity contribution is 5.00. The van der Waals surface area contributed by atoms with Gasteiger partial charge in [-0.15, -0.1) is 0 Å². The molecular formula is C8H13NO. The molecule has 2 fully saturated rings. The predicted molar refractivity (Wildman–Crippen MR) is 39.6 cm³/mol. The molecule has 10 heavy (non-hydrogen) atoms. The van der Waals surface area contributed by atoms with Crippen LogP contribution in [0.4, 0.5) is 0 Å². The minimum absolute atomic E-state index is 0.790. The van der Waals surface area contributed by atoms with Gasteiger partial charge in [0.1, 0.15) is 0 Å². The van der Waals surface area contributed by atoms with Crippen molar-refractivity contribution in [3.05, 3.63) is 12.8 Å². The van der Waals surface area contributed by atoms with E-state index in [1.54, 1.807) is 6.26 Å². The smallest absolute Gasteiger partial charge is 0.0917 e. The topological polar surface area (TPSA) is 12.2 Å². The Balaban J connectivity index is 1.77. The van der Waals surface area contributed by atoms with E-state index in [9.17, 15) is 0 Å². The summed E-state index contributed by atoms with van der Waals surface area (Å²) in [6.45, 7) is 7.00. The lowest BCUT2D eigenvalue weighted by molar-refractivity contribution is 0.198. The van der Waals surface area contributed by atoms with Gasteiger partial charge < -0.3 is 4.74 Å². The summed E-state index contributed by atoms with van der Waals surface area (Å²) in [7, 11) is 0. The van der Waals surface area contributed by atoms with Crippen molar-refractivity contribution in [3.8, 4) is 0 Å². The number of nitrogens with zero attached hydrogens (tertiary/aromatic N) is 1. The molecule has 0 N–H and O–H groups in total. The van der Waals surface area contributed by atoms with Crippen LogP contribution in [0.3, 0.4) is 0 Å². The molecule has 0 amide bonds. The molecule has 56 valence electrons. The molecule has 2 rings (SSSR count). The monoisotopic (exact) mass is 139 g/mol. The molecule has 0 aromatic carbocycles. The Morgan fingerprint density at radius 2 is 2.60 bits per heavy atom. The van der Waals surface area contributed by atoms with Gasteiger partial charge >= 0.3 is 0 Å². The quantitative estimate of drug-likeness (QED) is 0.424. The van der Waals surface area contributed by atoms with Crippen molar-refractivity contribution in [1.29, 1.82) is 0 Å². The third kappa shape index (κ3) is 0.926. The van der Waals surface area contributed by atoms with E-state index in [1.165, 1.54) is 19.5 Å². The molecule has 2 aliphatic rings. The summed E-state index contributed by atoms with van der Waals surface area (Å²) in [6.07, 6.45) is 2.86. The number of piperidine rings is 1. The second-order valence-electron chi connectivity index (χ2n) is 3.11. The Bertz CT molecular complexity index is 146. The maximum absolute atomic E-state index is 5.15. The van der Waals surface area contributed by atoms with Gasteiger partial charge in [-0.25, -0.2) is 0 Å². The van der Waals surface area contributed by atoms with Crippen LogP contribution in [0.5, 0.6) is 0 Å². The fourth-order valence-electron chi connectivity index (χ4n) is 1.81. The van der Waals surface area contributed by atoms with Crippen molar-refractivity contribution in [1.82, 2.24) is 4.90 Å². The summed E-state index contributed by atoms with van der Waals surface area (Å²) < 4.78 is 5.15. The fraction of sp³-hybridized carbons (Fsp3) is 0.750. The Hall–Kier alpha value is -0.500. The third-order valence-electron chi connectivity index (χ3n) is 2.52. The van der Waals surface area contributed by atoms with Crippen LogP contribution >= 0.6 is 0 Å². The summed E-state index contributed by atoms with van der Waals surface area (Å²) in [6, 6.07) is 0.861. The van der Waals surface area contributed by atoms with Crippen molar-refractivity contribution in [2.24, 2.45) is 5.92 Å². The standard InChI is InChI=1S/C8H13NO/c1-2-10-6-7-3-4-9-5-8(7)9/h2,7-8H,1,3-6H2. The molecule has 2 heteroatoms. The predicted octanol–water partition coefficient (Wildman–Crippen LogP) is 0.851. The lowest BCUT2D eigenvalue weighted by atomic mass is 10.1. The van der Waals surface area contributed by atoms with Gasteiger partial charge in [-0.2, -0.15) is 0 Å². The maximum Gasteiger partial charge on any atom is 0.0917 e. The number of ether oxygens (including phenoxy) is 1. The third-order valence-corrected chi connectivity index (χ3v) is 2.52. The van der Waals surface area contributed by atoms with Crippen LogP contribution < -0.4 is 0 Å². The minimum atomic E-state index is 0.790. The van der Waals surface area contributed by atoms with Gasteiger partial charge in [-0.1, -0.05) is 6.58 Å². The number of hydrogen-bond donors (Lipinski definition) is 0. The van der Waals surface area contributed by atoms with Gasteiger partial charge in [0.05, 0.1) is 12.9 Å². The summed E-state index contributed by atoms with van der Waals surface area (Å²) in [5, 5.41) is 0. The summed E-state index contributed by atoms with van der Waals surface area (Å²) >= 11 is 0. The SMILES string of the molecule is C=COCC1CCN2CC12. The van der Waals surface area contributed by atoms with E-state index < -0.39 is 0 Å². The first kappa shape index (κ1) is 6.23. The van der Waals surface area contributed by atoms with E-state index in [0.29, 0.717) is 0 Å². The average molecular weight is 139 g/mol. The van der Waals surface area contributed by atoms with Gasteiger partial charge in [-0.05, 0) is 13.0 Å².